The van der Waals surface area contributed by atoms with Crippen LogP contribution in [-0.4, -0.2) is 18.5 Å². The van der Waals surface area contributed by atoms with E-state index in [4.69, 9.17) is 0 Å². The van der Waals surface area contributed by atoms with E-state index in [0.717, 1.165) is 12.5 Å². The van der Waals surface area contributed by atoms with Gasteiger partial charge >= 0.3 is 0 Å². The second-order valence-electron chi connectivity index (χ2n) is 3.55. The summed E-state index contributed by atoms with van der Waals surface area (Å²) in [6.07, 6.45) is 5.87. The van der Waals surface area contributed by atoms with E-state index in [-0.39, 0.29) is 0 Å². The summed E-state index contributed by atoms with van der Waals surface area (Å²) in [5.74, 6) is 0.851. The Morgan fingerprint density at radius 1 is 1.36 bits per heavy atom. The van der Waals surface area contributed by atoms with E-state index >= 15 is 0 Å². The quantitative estimate of drug-likeness (QED) is 0.533. The van der Waals surface area contributed by atoms with Crippen LogP contribution in [0.25, 0.3) is 0 Å². The second-order valence-corrected chi connectivity index (χ2v) is 3.55. The van der Waals surface area contributed by atoms with Crippen LogP contribution in [-0.2, 0) is 0 Å². The maximum atomic E-state index is 3.70. The normalized spacial score (nSPS) is 10.2. The van der Waals surface area contributed by atoms with Gasteiger partial charge in [0.1, 0.15) is 0 Å². The molecule has 0 aliphatic carbocycles. The number of hydrogen-bond donors (Lipinski definition) is 0. The summed E-state index contributed by atoms with van der Waals surface area (Å²) in [4.78, 5) is 2.14. The second kappa shape index (κ2) is 6.26. The molecule has 0 bridgehead atoms. The van der Waals surface area contributed by atoms with Gasteiger partial charge in [-0.1, -0.05) is 33.3 Å². The topological polar surface area (TPSA) is 3.24 Å². The molecule has 0 radical (unpaired) electrons. The van der Waals surface area contributed by atoms with E-state index in [1.165, 1.54) is 19.3 Å². The van der Waals surface area contributed by atoms with Gasteiger partial charge in [-0.15, -0.1) is 0 Å². The van der Waals surface area contributed by atoms with E-state index in [2.05, 4.69) is 32.4 Å². The van der Waals surface area contributed by atoms with Gasteiger partial charge in [0.15, 0.2) is 0 Å². The van der Waals surface area contributed by atoms with Gasteiger partial charge in [0.2, 0.25) is 0 Å². The van der Waals surface area contributed by atoms with Gasteiger partial charge in [0.05, 0.1) is 0 Å². The first-order chi connectivity index (χ1) is 5.16. The molecule has 0 rings (SSSR count). The highest BCUT2D eigenvalue weighted by molar-refractivity contribution is 4.65. The molecule has 0 saturated heterocycles. The van der Waals surface area contributed by atoms with Crippen molar-refractivity contribution in [2.45, 2.75) is 33.1 Å². The molecule has 1 nitrogen and oxygen atoms in total. The van der Waals surface area contributed by atoms with E-state index in [9.17, 15) is 0 Å². The van der Waals surface area contributed by atoms with Crippen molar-refractivity contribution in [2.24, 2.45) is 5.92 Å². The Kier molecular flexibility index (Phi) is 6.00. The van der Waals surface area contributed by atoms with Crippen LogP contribution in [0.5, 0.6) is 0 Å². The predicted octanol–water partition coefficient (Wildman–Crippen LogP) is 2.89. The Morgan fingerprint density at radius 2 is 2.00 bits per heavy atom. The van der Waals surface area contributed by atoms with Gasteiger partial charge in [0.25, 0.3) is 0 Å². The Morgan fingerprint density at radius 3 is 2.45 bits per heavy atom. The Hall–Kier alpha value is -0.460. The summed E-state index contributed by atoms with van der Waals surface area (Å²) in [5, 5.41) is 0. The first kappa shape index (κ1) is 10.5. The van der Waals surface area contributed by atoms with Crippen LogP contribution in [0, 0.1) is 5.92 Å². The van der Waals surface area contributed by atoms with Gasteiger partial charge in [-0.25, -0.2) is 0 Å². The van der Waals surface area contributed by atoms with Crippen LogP contribution in [0.3, 0.4) is 0 Å². The summed E-state index contributed by atoms with van der Waals surface area (Å²) >= 11 is 0. The van der Waals surface area contributed by atoms with Gasteiger partial charge in [0, 0.05) is 13.6 Å². The summed E-state index contributed by atoms with van der Waals surface area (Å²) < 4.78 is 0. The Bertz CT molecular complexity index is 97.0. The molecule has 0 spiro atoms. The smallest absolute Gasteiger partial charge is 0.0169 e. The molecule has 0 atom stereocenters. The van der Waals surface area contributed by atoms with Crippen molar-refractivity contribution >= 4 is 0 Å². The summed E-state index contributed by atoms with van der Waals surface area (Å²) in [6, 6.07) is 0. The van der Waals surface area contributed by atoms with Gasteiger partial charge < -0.3 is 4.90 Å². The van der Waals surface area contributed by atoms with Crippen LogP contribution in [0.1, 0.15) is 33.1 Å². The minimum absolute atomic E-state index is 0.851. The number of nitrogens with zero attached hydrogens (tertiary/aromatic N) is 1. The van der Waals surface area contributed by atoms with Crippen molar-refractivity contribution in [1.82, 2.24) is 4.90 Å². The number of hydrogen-bond acceptors (Lipinski definition) is 1. The minimum Gasteiger partial charge on any atom is -0.381 e. The third-order valence-corrected chi connectivity index (χ3v) is 1.85. The van der Waals surface area contributed by atoms with Crippen molar-refractivity contribution < 1.29 is 0 Å². The van der Waals surface area contributed by atoms with Gasteiger partial charge in [-0.05, 0) is 18.5 Å². The molecule has 0 aromatic carbocycles. The van der Waals surface area contributed by atoms with Crippen LogP contribution in [0.15, 0.2) is 12.8 Å². The molecular weight excluding hydrogens is 134 g/mol. The fourth-order valence-corrected chi connectivity index (χ4v) is 1.01. The first-order valence-corrected chi connectivity index (χ1v) is 4.49. The SMILES string of the molecule is C=CN(C)CCCCC(C)C. The molecule has 0 amide bonds. The molecule has 0 aliphatic heterocycles. The average Bonchev–Trinajstić information content (AvgIpc) is 1.97. The van der Waals surface area contributed by atoms with Gasteiger partial charge in [-0.3, -0.25) is 0 Å². The molecule has 0 aromatic rings. The van der Waals surface area contributed by atoms with Crippen molar-refractivity contribution in [3.8, 4) is 0 Å². The highest BCUT2D eigenvalue weighted by atomic mass is 15.1. The van der Waals surface area contributed by atoms with E-state index < -0.39 is 0 Å². The monoisotopic (exact) mass is 155 g/mol. The molecule has 0 unspecified atom stereocenters. The summed E-state index contributed by atoms with van der Waals surface area (Å²) in [5.41, 5.74) is 0. The zero-order valence-electron chi connectivity index (χ0n) is 8.14. The molecule has 0 heterocycles. The van der Waals surface area contributed by atoms with Crippen molar-refractivity contribution in [3.63, 3.8) is 0 Å². The minimum atomic E-state index is 0.851. The molecule has 0 aromatic heterocycles. The standard InChI is InChI=1S/C10H21N/c1-5-11(4)9-7-6-8-10(2)3/h5,10H,1,6-9H2,2-4H3. The number of rotatable bonds is 6. The fourth-order valence-electron chi connectivity index (χ4n) is 1.01. The Labute approximate surface area is 71.1 Å². The zero-order valence-corrected chi connectivity index (χ0v) is 8.14. The third kappa shape index (κ3) is 7.44. The highest BCUT2D eigenvalue weighted by Gasteiger charge is 1.94. The van der Waals surface area contributed by atoms with Gasteiger partial charge in [-0.2, -0.15) is 0 Å². The lowest BCUT2D eigenvalue weighted by molar-refractivity contribution is 0.420. The van der Waals surface area contributed by atoms with Crippen LogP contribution in [0.2, 0.25) is 0 Å². The third-order valence-electron chi connectivity index (χ3n) is 1.85. The number of unbranched alkanes of at least 4 members (excludes halogenated alkanes) is 1. The molecule has 66 valence electrons. The first-order valence-electron chi connectivity index (χ1n) is 4.49. The van der Waals surface area contributed by atoms with Crippen LogP contribution >= 0.6 is 0 Å². The molecule has 0 fully saturated rings. The van der Waals surface area contributed by atoms with Crippen LogP contribution in [0.4, 0.5) is 0 Å². The maximum absolute atomic E-state index is 3.70. The lowest BCUT2D eigenvalue weighted by Crippen LogP contribution is -2.11. The summed E-state index contributed by atoms with van der Waals surface area (Å²) in [7, 11) is 2.07. The summed E-state index contributed by atoms with van der Waals surface area (Å²) in [6.45, 7) is 9.40. The molecule has 1 heteroatoms. The lowest BCUT2D eigenvalue weighted by atomic mass is 10.1. The predicted molar refractivity (Wildman–Crippen MR) is 51.5 cm³/mol. The van der Waals surface area contributed by atoms with E-state index in [0.29, 0.717) is 0 Å². The lowest BCUT2D eigenvalue weighted by Gasteiger charge is -2.12. The molecule has 0 N–H and O–H groups in total. The van der Waals surface area contributed by atoms with Crippen molar-refractivity contribution in [3.05, 3.63) is 12.8 Å². The maximum Gasteiger partial charge on any atom is 0.0169 e. The highest BCUT2D eigenvalue weighted by Crippen LogP contribution is 2.06. The Balaban J connectivity index is 3.07. The zero-order chi connectivity index (χ0) is 8.69. The largest absolute Gasteiger partial charge is 0.381 e. The molecule has 0 saturated carbocycles. The van der Waals surface area contributed by atoms with Crippen molar-refractivity contribution in [1.29, 1.82) is 0 Å². The van der Waals surface area contributed by atoms with Crippen molar-refractivity contribution in [2.75, 3.05) is 13.6 Å². The van der Waals surface area contributed by atoms with E-state index in [1.807, 2.05) is 6.20 Å². The van der Waals surface area contributed by atoms with E-state index in [1.54, 1.807) is 0 Å². The van der Waals surface area contributed by atoms with Crippen LogP contribution < -0.4 is 0 Å². The average molecular weight is 155 g/mol. The fraction of sp³-hybridized carbons (Fsp3) is 0.800. The molecular formula is C10H21N. The molecule has 0 aliphatic rings. The molecule has 11 heavy (non-hydrogen) atoms.